The molecule has 1 aliphatic rings. The third kappa shape index (κ3) is 12.1. The molecule has 39 heavy (non-hydrogen) atoms. The summed E-state index contributed by atoms with van der Waals surface area (Å²) in [6.07, 6.45) is 6.04. The zero-order valence-electron chi connectivity index (χ0n) is 24.4. The van der Waals surface area contributed by atoms with Crippen molar-refractivity contribution in [1.29, 1.82) is 0 Å². The van der Waals surface area contributed by atoms with Crippen molar-refractivity contribution in [1.82, 2.24) is 0 Å². The van der Waals surface area contributed by atoms with Gasteiger partial charge in [0.25, 0.3) is 0 Å². The number of esters is 2. The predicted octanol–water partition coefficient (Wildman–Crippen LogP) is 4.22. The lowest BCUT2D eigenvalue weighted by atomic mass is 9.88. The summed E-state index contributed by atoms with van der Waals surface area (Å²) in [5.74, 6) is -1.65. The lowest BCUT2D eigenvalue weighted by Gasteiger charge is -2.32. The minimum atomic E-state index is -1.43. The molecule has 0 saturated heterocycles. The van der Waals surface area contributed by atoms with Crippen molar-refractivity contribution in [3.63, 3.8) is 0 Å². The first kappa shape index (κ1) is 35.3. The van der Waals surface area contributed by atoms with Gasteiger partial charge in [-0.1, -0.05) is 52.0 Å². The molecule has 0 aromatic heterocycles. The number of allylic oxidation sites excluding steroid dienone is 3. The lowest BCUT2D eigenvalue weighted by molar-refractivity contribution is -0.157. The zero-order chi connectivity index (χ0) is 29.9. The predicted molar refractivity (Wildman–Crippen MR) is 152 cm³/mol. The first-order valence-corrected chi connectivity index (χ1v) is 14.3. The Balaban J connectivity index is 3.07. The van der Waals surface area contributed by atoms with Crippen LogP contribution in [-0.4, -0.2) is 73.9 Å². The normalized spacial score (nSPS) is 32.2. The molecule has 0 bridgehead atoms. The third-order valence-corrected chi connectivity index (χ3v) is 8.06. The number of cyclic esters (lactones) is 1. The quantitative estimate of drug-likeness (QED) is 0.132. The molecule has 0 fully saturated rings. The Kier molecular flexibility index (Phi) is 15.0. The number of carbonyl (C=O) groups is 2. The Bertz CT molecular complexity index is 867. The molecule has 8 nitrogen and oxygen atoms in total. The van der Waals surface area contributed by atoms with E-state index in [4.69, 9.17) is 21.1 Å². The van der Waals surface area contributed by atoms with E-state index in [9.17, 15) is 30.0 Å². The van der Waals surface area contributed by atoms with Gasteiger partial charge in [-0.2, -0.15) is 0 Å². The number of alkyl halides is 1. The molecule has 224 valence electrons. The highest BCUT2D eigenvalue weighted by Gasteiger charge is 2.35. The SMILES string of the molecule is CCC(O)C(C)C(Cl)C(O)CC(C)/C=C/C=C(\C)C1OC(=O)CC(O)CCC(C)(O)C(OC(C)=O)/C=C\C1C. The van der Waals surface area contributed by atoms with Crippen LogP contribution in [0.25, 0.3) is 0 Å². The van der Waals surface area contributed by atoms with Gasteiger partial charge in [-0.15, -0.1) is 11.6 Å². The van der Waals surface area contributed by atoms with Gasteiger partial charge in [0.2, 0.25) is 0 Å². The Hall–Kier alpha value is -1.71. The number of aliphatic hydroxyl groups is 4. The lowest BCUT2D eigenvalue weighted by Crippen LogP contribution is -2.42. The largest absolute Gasteiger partial charge is 0.457 e. The van der Waals surface area contributed by atoms with Gasteiger partial charge in [0, 0.05) is 18.8 Å². The number of carbonyl (C=O) groups excluding carboxylic acids is 2. The van der Waals surface area contributed by atoms with E-state index in [1.165, 1.54) is 13.8 Å². The van der Waals surface area contributed by atoms with Crippen molar-refractivity contribution in [2.24, 2.45) is 17.8 Å². The average molecular weight is 573 g/mol. The Labute approximate surface area is 238 Å². The van der Waals surface area contributed by atoms with Crippen molar-refractivity contribution in [3.8, 4) is 0 Å². The van der Waals surface area contributed by atoms with E-state index in [2.05, 4.69) is 0 Å². The number of hydrogen-bond acceptors (Lipinski definition) is 8. The number of rotatable bonds is 10. The van der Waals surface area contributed by atoms with Crippen LogP contribution in [0.5, 0.6) is 0 Å². The van der Waals surface area contributed by atoms with Crippen LogP contribution in [0.3, 0.4) is 0 Å². The molecule has 0 radical (unpaired) electrons. The molecular weight excluding hydrogens is 524 g/mol. The Morgan fingerprint density at radius 1 is 1.26 bits per heavy atom. The van der Waals surface area contributed by atoms with Gasteiger partial charge in [0.05, 0.1) is 30.1 Å². The Morgan fingerprint density at radius 2 is 1.90 bits per heavy atom. The van der Waals surface area contributed by atoms with Crippen LogP contribution in [0.4, 0.5) is 0 Å². The fourth-order valence-corrected chi connectivity index (χ4v) is 4.92. The zero-order valence-corrected chi connectivity index (χ0v) is 25.2. The molecule has 9 heteroatoms. The van der Waals surface area contributed by atoms with E-state index < -0.39 is 53.4 Å². The molecule has 0 aromatic rings. The van der Waals surface area contributed by atoms with Crippen LogP contribution in [0.15, 0.2) is 36.0 Å². The molecule has 0 aromatic carbocycles. The molecular formula is C30H49ClO8. The standard InChI is InChI=1S/C30H49ClO8/c1-8-24(34)21(5)28(31)25(35)16-18(2)10-9-11-19(3)29-20(4)12-13-26(38-22(6)32)30(7,37)15-14-23(33)17-27(36)39-29/h9-13,18,20-21,23-26,28-29,33-35,37H,8,14-17H2,1-7H3/b10-9+,13-12-,19-11+. The maximum atomic E-state index is 12.6. The number of halogens is 1. The highest BCUT2D eigenvalue weighted by atomic mass is 35.5. The summed E-state index contributed by atoms with van der Waals surface area (Å²) in [7, 11) is 0. The average Bonchev–Trinajstić information content (AvgIpc) is 2.85. The second kappa shape index (κ2) is 16.5. The van der Waals surface area contributed by atoms with Crippen LogP contribution in [0.2, 0.25) is 0 Å². The number of hydrogen-bond donors (Lipinski definition) is 4. The van der Waals surface area contributed by atoms with Gasteiger partial charge in [-0.3, -0.25) is 9.59 Å². The van der Waals surface area contributed by atoms with E-state index in [-0.39, 0.29) is 37.0 Å². The van der Waals surface area contributed by atoms with Crippen LogP contribution in [-0.2, 0) is 19.1 Å². The summed E-state index contributed by atoms with van der Waals surface area (Å²) >= 11 is 6.39. The van der Waals surface area contributed by atoms with Crippen LogP contribution in [0.1, 0.15) is 80.6 Å². The van der Waals surface area contributed by atoms with Gasteiger partial charge in [0.1, 0.15) is 17.8 Å². The van der Waals surface area contributed by atoms with Gasteiger partial charge < -0.3 is 29.9 Å². The van der Waals surface area contributed by atoms with Crippen molar-refractivity contribution >= 4 is 23.5 Å². The fraction of sp³-hybridized carbons (Fsp3) is 0.733. The monoisotopic (exact) mass is 572 g/mol. The molecule has 0 amide bonds. The fourth-order valence-electron chi connectivity index (χ4n) is 4.65. The molecule has 0 aliphatic carbocycles. The van der Waals surface area contributed by atoms with Crippen LogP contribution < -0.4 is 0 Å². The highest BCUT2D eigenvalue weighted by molar-refractivity contribution is 6.21. The summed E-state index contributed by atoms with van der Waals surface area (Å²) in [6, 6.07) is 0. The molecule has 1 heterocycles. The van der Waals surface area contributed by atoms with E-state index in [0.717, 1.165) is 5.57 Å². The second-order valence-electron chi connectivity index (χ2n) is 11.3. The topological polar surface area (TPSA) is 134 Å². The minimum absolute atomic E-state index is 0.00527. The molecule has 10 unspecified atom stereocenters. The first-order chi connectivity index (χ1) is 18.1. The van der Waals surface area contributed by atoms with Crippen LogP contribution in [0, 0.1) is 17.8 Å². The first-order valence-electron chi connectivity index (χ1n) is 13.9. The molecule has 4 N–H and O–H groups in total. The van der Waals surface area contributed by atoms with Gasteiger partial charge >= 0.3 is 11.9 Å². The van der Waals surface area contributed by atoms with Crippen molar-refractivity contribution in [2.45, 2.75) is 122 Å². The van der Waals surface area contributed by atoms with E-state index in [1.807, 2.05) is 52.8 Å². The third-order valence-electron chi connectivity index (χ3n) is 7.37. The smallest absolute Gasteiger partial charge is 0.309 e. The summed E-state index contributed by atoms with van der Waals surface area (Å²) in [4.78, 5) is 24.2. The Morgan fingerprint density at radius 3 is 2.49 bits per heavy atom. The molecule has 0 spiro atoms. The van der Waals surface area contributed by atoms with Crippen molar-refractivity contribution in [2.75, 3.05) is 0 Å². The number of ether oxygens (including phenoxy) is 2. The molecule has 1 aliphatic heterocycles. The highest BCUT2D eigenvalue weighted by Crippen LogP contribution is 2.27. The second-order valence-corrected chi connectivity index (χ2v) is 11.8. The van der Waals surface area contributed by atoms with E-state index >= 15 is 0 Å². The molecule has 1 rings (SSSR count). The van der Waals surface area contributed by atoms with E-state index in [1.54, 1.807) is 12.2 Å². The van der Waals surface area contributed by atoms with Crippen molar-refractivity contribution < 1.29 is 39.5 Å². The van der Waals surface area contributed by atoms with Gasteiger partial charge in [0.15, 0.2) is 0 Å². The summed E-state index contributed by atoms with van der Waals surface area (Å²) < 4.78 is 11.1. The van der Waals surface area contributed by atoms with Crippen molar-refractivity contribution in [3.05, 3.63) is 36.0 Å². The maximum absolute atomic E-state index is 12.6. The summed E-state index contributed by atoms with van der Waals surface area (Å²) in [6.45, 7) is 12.1. The maximum Gasteiger partial charge on any atom is 0.309 e. The van der Waals surface area contributed by atoms with Crippen LogP contribution >= 0.6 is 11.6 Å². The van der Waals surface area contributed by atoms with Gasteiger partial charge in [-0.05, 0) is 57.1 Å². The molecule has 10 atom stereocenters. The summed E-state index contributed by atoms with van der Waals surface area (Å²) in [5.41, 5.74) is -0.675. The van der Waals surface area contributed by atoms with Gasteiger partial charge in [-0.25, -0.2) is 0 Å². The minimum Gasteiger partial charge on any atom is -0.457 e. The van der Waals surface area contributed by atoms with E-state index in [0.29, 0.717) is 12.8 Å². The number of aliphatic hydroxyl groups excluding tert-OH is 3. The summed E-state index contributed by atoms with van der Waals surface area (Å²) in [5, 5.41) is 41.3. The molecule has 0 saturated carbocycles.